The molecule has 1 amide bonds. The second kappa shape index (κ2) is 7.14. The van der Waals surface area contributed by atoms with Gasteiger partial charge >= 0.3 is 0 Å². The molecule has 0 spiro atoms. The number of nitrogen functional groups attached to an aromatic ring is 1. The molecule has 2 rings (SSSR count). The molecule has 0 heterocycles. The number of ether oxygens (including phenoxy) is 1. The van der Waals surface area contributed by atoms with Crippen LogP contribution in [0.5, 0.6) is 5.75 Å². The van der Waals surface area contributed by atoms with E-state index in [4.69, 9.17) is 10.5 Å². The minimum absolute atomic E-state index is 0.0831. The number of amides is 1. The van der Waals surface area contributed by atoms with Gasteiger partial charge in [-0.05, 0) is 71.1 Å². The Hall–Kier alpha value is -1.76. The summed E-state index contributed by atoms with van der Waals surface area (Å²) in [5.41, 5.74) is 6.99. The lowest BCUT2D eigenvalue weighted by atomic mass is 10.3. The number of nitrogens with two attached hydrogens (primary N) is 1. The highest BCUT2D eigenvalue weighted by molar-refractivity contribution is 14.1. The number of carbonyl (C=O) groups is 1. The third kappa shape index (κ3) is 4.73. The fourth-order valence-corrected chi connectivity index (χ4v) is 1.94. The summed E-state index contributed by atoms with van der Waals surface area (Å²) in [4.78, 5) is 11.7. The number of rotatable bonds is 5. The molecule has 0 saturated heterocycles. The highest BCUT2D eigenvalue weighted by Gasteiger charge is 2.03. The Kier molecular flexibility index (Phi) is 5.23. The van der Waals surface area contributed by atoms with Gasteiger partial charge in [0.1, 0.15) is 5.75 Å². The van der Waals surface area contributed by atoms with Crippen molar-refractivity contribution in [2.45, 2.75) is 6.42 Å². The zero-order valence-electron chi connectivity index (χ0n) is 10.8. The van der Waals surface area contributed by atoms with Crippen molar-refractivity contribution in [3.8, 4) is 5.75 Å². The van der Waals surface area contributed by atoms with Crippen LogP contribution in [0, 0.1) is 3.57 Å². The van der Waals surface area contributed by atoms with E-state index in [2.05, 4.69) is 27.9 Å². The summed E-state index contributed by atoms with van der Waals surface area (Å²) in [6, 6.07) is 14.7. The normalized spacial score (nSPS) is 10.1. The van der Waals surface area contributed by atoms with Crippen LogP contribution >= 0.6 is 22.6 Å². The molecule has 0 aromatic heterocycles. The third-order valence-electron chi connectivity index (χ3n) is 2.61. The van der Waals surface area contributed by atoms with E-state index in [0.717, 1.165) is 15.0 Å². The molecule has 0 unspecified atom stereocenters. The Morgan fingerprint density at radius 2 is 1.75 bits per heavy atom. The number of hydrogen-bond donors (Lipinski definition) is 2. The largest absolute Gasteiger partial charge is 0.493 e. The molecule has 3 N–H and O–H groups in total. The molecule has 0 radical (unpaired) electrons. The van der Waals surface area contributed by atoms with Crippen LogP contribution in [0.15, 0.2) is 48.5 Å². The predicted molar refractivity (Wildman–Crippen MR) is 88.8 cm³/mol. The molecule has 0 fully saturated rings. The number of benzene rings is 2. The van der Waals surface area contributed by atoms with Crippen LogP contribution in [0.4, 0.5) is 11.4 Å². The van der Waals surface area contributed by atoms with Gasteiger partial charge in [0, 0.05) is 14.9 Å². The monoisotopic (exact) mass is 382 g/mol. The smallest absolute Gasteiger partial charge is 0.227 e. The fraction of sp³-hybridized carbons (Fsp3) is 0.133. The molecule has 0 aliphatic carbocycles. The van der Waals surface area contributed by atoms with Crippen LogP contribution in [0.1, 0.15) is 6.42 Å². The standard InChI is InChI=1S/C15H15IN2O2/c16-11-1-7-14(8-2-11)20-10-9-15(19)18-13-5-3-12(17)4-6-13/h1-8H,9-10,17H2,(H,18,19). The minimum Gasteiger partial charge on any atom is -0.493 e. The van der Waals surface area contributed by atoms with Gasteiger partial charge in [0.15, 0.2) is 0 Å². The van der Waals surface area contributed by atoms with Crippen molar-refractivity contribution in [1.82, 2.24) is 0 Å². The summed E-state index contributed by atoms with van der Waals surface area (Å²) in [5, 5.41) is 2.79. The van der Waals surface area contributed by atoms with Crippen LogP contribution in [-0.4, -0.2) is 12.5 Å². The van der Waals surface area contributed by atoms with Crippen molar-refractivity contribution >= 4 is 39.9 Å². The molecular weight excluding hydrogens is 367 g/mol. The molecule has 2 aromatic rings. The van der Waals surface area contributed by atoms with Crippen LogP contribution in [0.2, 0.25) is 0 Å². The zero-order valence-corrected chi connectivity index (χ0v) is 13.0. The van der Waals surface area contributed by atoms with Crippen molar-refractivity contribution in [2.24, 2.45) is 0 Å². The second-order valence-electron chi connectivity index (χ2n) is 4.22. The van der Waals surface area contributed by atoms with Crippen LogP contribution in [0.25, 0.3) is 0 Å². The van der Waals surface area contributed by atoms with E-state index in [0.29, 0.717) is 18.7 Å². The molecule has 2 aromatic carbocycles. The second-order valence-corrected chi connectivity index (χ2v) is 5.47. The molecule has 0 atom stereocenters. The molecule has 0 aliphatic heterocycles. The summed E-state index contributed by atoms with van der Waals surface area (Å²) in [6.45, 7) is 0.349. The van der Waals surface area contributed by atoms with E-state index in [-0.39, 0.29) is 5.91 Å². The Morgan fingerprint density at radius 1 is 1.10 bits per heavy atom. The molecule has 0 aliphatic rings. The Morgan fingerprint density at radius 3 is 2.40 bits per heavy atom. The lowest BCUT2D eigenvalue weighted by Gasteiger charge is -2.07. The van der Waals surface area contributed by atoms with Crippen LogP contribution in [0.3, 0.4) is 0 Å². The van der Waals surface area contributed by atoms with Crippen LogP contribution in [-0.2, 0) is 4.79 Å². The number of halogens is 1. The fourth-order valence-electron chi connectivity index (χ4n) is 1.58. The summed E-state index contributed by atoms with van der Waals surface area (Å²) >= 11 is 2.23. The lowest BCUT2D eigenvalue weighted by Crippen LogP contribution is -2.15. The number of hydrogen-bond acceptors (Lipinski definition) is 3. The van der Waals surface area contributed by atoms with Crippen molar-refractivity contribution in [2.75, 3.05) is 17.7 Å². The maximum Gasteiger partial charge on any atom is 0.227 e. The summed E-state index contributed by atoms with van der Waals surface area (Å²) in [7, 11) is 0. The maximum absolute atomic E-state index is 11.7. The van der Waals surface area contributed by atoms with E-state index >= 15 is 0 Å². The minimum atomic E-state index is -0.0831. The van der Waals surface area contributed by atoms with Gasteiger partial charge in [-0.1, -0.05) is 0 Å². The van der Waals surface area contributed by atoms with E-state index < -0.39 is 0 Å². The van der Waals surface area contributed by atoms with Gasteiger partial charge in [-0.25, -0.2) is 0 Å². The van der Waals surface area contributed by atoms with E-state index in [9.17, 15) is 4.79 Å². The highest BCUT2D eigenvalue weighted by atomic mass is 127. The first-order valence-electron chi connectivity index (χ1n) is 6.17. The van der Waals surface area contributed by atoms with Gasteiger partial charge in [0.2, 0.25) is 5.91 Å². The predicted octanol–water partition coefficient (Wildman–Crippen LogP) is 3.28. The van der Waals surface area contributed by atoms with Gasteiger partial charge in [0.05, 0.1) is 13.0 Å². The SMILES string of the molecule is Nc1ccc(NC(=O)CCOc2ccc(I)cc2)cc1. The van der Waals surface area contributed by atoms with Crippen LogP contribution < -0.4 is 15.8 Å². The molecule has 4 nitrogen and oxygen atoms in total. The average Bonchev–Trinajstić information content (AvgIpc) is 2.44. The summed E-state index contributed by atoms with van der Waals surface area (Å²) < 4.78 is 6.65. The van der Waals surface area contributed by atoms with Gasteiger partial charge in [-0.3, -0.25) is 4.79 Å². The average molecular weight is 382 g/mol. The Labute approximate surface area is 131 Å². The lowest BCUT2D eigenvalue weighted by molar-refractivity contribution is -0.116. The Balaban J connectivity index is 1.75. The first-order valence-corrected chi connectivity index (χ1v) is 7.25. The number of nitrogens with one attached hydrogen (secondary N) is 1. The Bertz CT molecular complexity index is 567. The summed E-state index contributed by atoms with van der Waals surface area (Å²) in [6.07, 6.45) is 0.302. The maximum atomic E-state index is 11.7. The highest BCUT2D eigenvalue weighted by Crippen LogP contribution is 2.14. The van der Waals surface area contributed by atoms with Crippen molar-refractivity contribution in [1.29, 1.82) is 0 Å². The molecule has 0 saturated carbocycles. The molecule has 0 bridgehead atoms. The van der Waals surface area contributed by atoms with Crippen molar-refractivity contribution in [3.05, 3.63) is 52.1 Å². The topological polar surface area (TPSA) is 64.3 Å². The first kappa shape index (κ1) is 14.6. The van der Waals surface area contributed by atoms with E-state index in [1.165, 1.54) is 0 Å². The third-order valence-corrected chi connectivity index (χ3v) is 3.33. The van der Waals surface area contributed by atoms with Gasteiger partial charge in [0.25, 0.3) is 0 Å². The molecule has 5 heteroatoms. The summed E-state index contributed by atoms with van der Waals surface area (Å²) in [5.74, 6) is 0.686. The van der Waals surface area contributed by atoms with E-state index in [1.807, 2.05) is 24.3 Å². The zero-order chi connectivity index (χ0) is 14.4. The quantitative estimate of drug-likeness (QED) is 0.616. The van der Waals surface area contributed by atoms with Gasteiger partial charge in [-0.15, -0.1) is 0 Å². The van der Waals surface area contributed by atoms with Crippen molar-refractivity contribution < 1.29 is 9.53 Å². The van der Waals surface area contributed by atoms with E-state index in [1.54, 1.807) is 24.3 Å². The molecule has 104 valence electrons. The van der Waals surface area contributed by atoms with Crippen molar-refractivity contribution in [3.63, 3.8) is 0 Å². The van der Waals surface area contributed by atoms with Gasteiger partial charge in [-0.2, -0.15) is 0 Å². The molecular formula is C15H15IN2O2. The number of anilines is 2. The number of carbonyl (C=O) groups excluding carboxylic acids is 1. The van der Waals surface area contributed by atoms with Gasteiger partial charge < -0.3 is 15.8 Å². The first-order chi connectivity index (χ1) is 9.63. The molecule has 20 heavy (non-hydrogen) atoms.